The van der Waals surface area contributed by atoms with Gasteiger partial charge in [-0.05, 0) is 32.8 Å². The molecule has 7 nitrogen and oxygen atoms in total. The Morgan fingerprint density at radius 3 is 2.26 bits per heavy atom. The summed E-state index contributed by atoms with van der Waals surface area (Å²) in [6.07, 6.45) is 0.569. The van der Waals surface area contributed by atoms with Gasteiger partial charge in [0.2, 0.25) is 0 Å². The summed E-state index contributed by atoms with van der Waals surface area (Å²) in [5.74, 6) is 0. The highest BCUT2D eigenvalue weighted by Gasteiger charge is 2.25. The summed E-state index contributed by atoms with van der Waals surface area (Å²) < 4.78 is 5.40. The van der Waals surface area contributed by atoms with Crippen LogP contribution in [0, 0.1) is 0 Å². The van der Waals surface area contributed by atoms with E-state index in [4.69, 9.17) is 4.74 Å². The normalized spacial score (nSPS) is 15.3. The number of carbonyl (C=O) groups excluding carboxylic acids is 2. The maximum absolute atomic E-state index is 12.0. The predicted octanol–water partition coefficient (Wildman–Crippen LogP) is 2.08. The number of nitrogens with one attached hydrogen (secondary N) is 2. The second kappa shape index (κ2) is 10.2. The molecule has 0 atom stereocenters. The number of benzene rings is 1. The minimum Gasteiger partial charge on any atom is -0.444 e. The third-order valence-corrected chi connectivity index (χ3v) is 4.28. The van der Waals surface area contributed by atoms with Crippen molar-refractivity contribution >= 4 is 12.1 Å². The largest absolute Gasteiger partial charge is 0.444 e. The van der Waals surface area contributed by atoms with Gasteiger partial charge in [0.1, 0.15) is 5.60 Å². The van der Waals surface area contributed by atoms with Crippen molar-refractivity contribution in [1.82, 2.24) is 20.4 Å². The molecule has 0 aromatic heterocycles. The zero-order valence-electron chi connectivity index (χ0n) is 16.7. The molecule has 1 heterocycles. The van der Waals surface area contributed by atoms with Gasteiger partial charge in [0.25, 0.3) is 0 Å². The summed E-state index contributed by atoms with van der Waals surface area (Å²) in [4.78, 5) is 27.9. The number of nitrogens with zero attached hydrogens (tertiary/aromatic N) is 2. The van der Waals surface area contributed by atoms with Crippen LogP contribution in [0.2, 0.25) is 0 Å². The van der Waals surface area contributed by atoms with E-state index in [2.05, 4.69) is 27.7 Å². The van der Waals surface area contributed by atoms with E-state index in [9.17, 15) is 9.59 Å². The molecule has 0 saturated carbocycles. The highest BCUT2D eigenvalue weighted by Crippen LogP contribution is 2.11. The van der Waals surface area contributed by atoms with Crippen LogP contribution in [0.1, 0.15) is 26.3 Å². The van der Waals surface area contributed by atoms with Crippen LogP contribution >= 0.6 is 0 Å². The number of ether oxygens (including phenoxy) is 1. The summed E-state index contributed by atoms with van der Waals surface area (Å²) in [5, 5.41) is 5.76. The van der Waals surface area contributed by atoms with Gasteiger partial charge in [0.15, 0.2) is 0 Å². The lowest BCUT2D eigenvalue weighted by Gasteiger charge is -2.35. The number of carbonyl (C=O) groups is 2. The van der Waals surface area contributed by atoms with Crippen LogP contribution in [0.15, 0.2) is 30.3 Å². The van der Waals surface area contributed by atoms with Crippen LogP contribution in [0.5, 0.6) is 0 Å². The molecule has 3 amide bonds. The Kier molecular flexibility index (Phi) is 7.91. The van der Waals surface area contributed by atoms with Crippen LogP contribution in [0.25, 0.3) is 0 Å². The van der Waals surface area contributed by atoms with Crippen molar-refractivity contribution in [3.8, 4) is 0 Å². The molecule has 27 heavy (non-hydrogen) atoms. The van der Waals surface area contributed by atoms with Gasteiger partial charge < -0.3 is 20.3 Å². The first-order valence-corrected chi connectivity index (χ1v) is 9.59. The highest BCUT2D eigenvalue weighted by molar-refractivity contribution is 5.73. The molecular weight excluding hydrogens is 344 g/mol. The van der Waals surface area contributed by atoms with Crippen molar-refractivity contribution in [3.63, 3.8) is 0 Å². The van der Waals surface area contributed by atoms with E-state index in [1.165, 1.54) is 5.56 Å². The van der Waals surface area contributed by atoms with E-state index in [0.29, 0.717) is 26.2 Å². The Morgan fingerprint density at radius 1 is 1.00 bits per heavy atom. The summed E-state index contributed by atoms with van der Waals surface area (Å²) in [7, 11) is 0. The van der Waals surface area contributed by atoms with E-state index in [0.717, 1.165) is 26.1 Å². The van der Waals surface area contributed by atoms with Gasteiger partial charge in [-0.3, -0.25) is 4.90 Å². The summed E-state index contributed by atoms with van der Waals surface area (Å²) in [6.45, 7) is 10.5. The number of amides is 3. The minimum atomic E-state index is -0.466. The van der Waals surface area contributed by atoms with E-state index in [1.807, 2.05) is 39.0 Å². The fourth-order valence-electron chi connectivity index (χ4n) is 2.84. The van der Waals surface area contributed by atoms with E-state index in [-0.39, 0.29) is 12.1 Å². The third kappa shape index (κ3) is 8.30. The maximum Gasteiger partial charge on any atom is 0.410 e. The molecule has 1 aromatic carbocycles. The minimum absolute atomic E-state index is 0.140. The molecule has 2 N–H and O–H groups in total. The molecular formula is C20H32N4O3. The summed E-state index contributed by atoms with van der Waals surface area (Å²) in [5.41, 5.74) is 0.743. The Labute approximate surface area is 162 Å². The van der Waals surface area contributed by atoms with Crippen molar-refractivity contribution in [3.05, 3.63) is 35.9 Å². The summed E-state index contributed by atoms with van der Waals surface area (Å²) in [6, 6.07) is 9.94. The Morgan fingerprint density at radius 2 is 1.63 bits per heavy atom. The molecule has 0 bridgehead atoms. The third-order valence-electron chi connectivity index (χ3n) is 4.28. The van der Waals surface area contributed by atoms with Crippen molar-refractivity contribution in [2.75, 3.05) is 45.8 Å². The molecule has 150 valence electrons. The fraction of sp³-hybridized carbons (Fsp3) is 0.600. The average molecular weight is 377 g/mol. The predicted molar refractivity (Wildman–Crippen MR) is 106 cm³/mol. The quantitative estimate of drug-likeness (QED) is 0.797. The second-order valence-corrected chi connectivity index (χ2v) is 7.73. The molecule has 7 heteroatoms. The number of urea groups is 1. The Bertz CT molecular complexity index is 593. The Hall–Kier alpha value is -2.28. The van der Waals surface area contributed by atoms with E-state index < -0.39 is 5.60 Å². The molecule has 1 aliphatic rings. The van der Waals surface area contributed by atoms with Crippen molar-refractivity contribution in [1.29, 1.82) is 0 Å². The molecule has 0 unspecified atom stereocenters. The Balaban J connectivity index is 1.55. The van der Waals surface area contributed by atoms with Gasteiger partial charge in [-0.2, -0.15) is 0 Å². The zero-order valence-corrected chi connectivity index (χ0v) is 16.7. The standard InChI is InChI=1S/C20H32N4O3/c1-20(2,3)27-19(26)24-15-13-23(14-16-24)12-11-22-18(25)21-10-9-17-7-5-4-6-8-17/h4-8H,9-16H2,1-3H3,(H2,21,22,25). The summed E-state index contributed by atoms with van der Waals surface area (Å²) >= 11 is 0. The number of hydrogen-bond acceptors (Lipinski definition) is 4. The molecule has 1 saturated heterocycles. The van der Waals surface area contributed by atoms with Crippen LogP contribution in [-0.4, -0.2) is 73.3 Å². The van der Waals surface area contributed by atoms with Gasteiger partial charge in [-0.15, -0.1) is 0 Å². The zero-order chi connectivity index (χ0) is 19.7. The molecule has 2 rings (SSSR count). The van der Waals surface area contributed by atoms with Crippen LogP contribution in [-0.2, 0) is 11.2 Å². The smallest absolute Gasteiger partial charge is 0.410 e. The monoisotopic (exact) mass is 376 g/mol. The number of piperazine rings is 1. The lowest BCUT2D eigenvalue weighted by Crippen LogP contribution is -2.51. The van der Waals surface area contributed by atoms with E-state index in [1.54, 1.807) is 4.90 Å². The van der Waals surface area contributed by atoms with E-state index >= 15 is 0 Å². The number of hydrogen-bond donors (Lipinski definition) is 2. The lowest BCUT2D eigenvalue weighted by molar-refractivity contribution is 0.0147. The average Bonchev–Trinajstić information content (AvgIpc) is 2.62. The van der Waals surface area contributed by atoms with Crippen LogP contribution < -0.4 is 10.6 Å². The van der Waals surface area contributed by atoms with Gasteiger partial charge in [0.05, 0.1) is 0 Å². The first kappa shape index (κ1) is 21.0. The second-order valence-electron chi connectivity index (χ2n) is 7.73. The topological polar surface area (TPSA) is 73.9 Å². The van der Waals surface area contributed by atoms with Crippen LogP contribution in [0.4, 0.5) is 9.59 Å². The molecule has 0 spiro atoms. The first-order chi connectivity index (χ1) is 12.8. The van der Waals surface area contributed by atoms with Gasteiger partial charge in [-0.1, -0.05) is 30.3 Å². The molecule has 1 aliphatic heterocycles. The first-order valence-electron chi connectivity index (χ1n) is 9.59. The van der Waals surface area contributed by atoms with Gasteiger partial charge >= 0.3 is 12.1 Å². The highest BCUT2D eigenvalue weighted by atomic mass is 16.6. The van der Waals surface area contributed by atoms with Crippen LogP contribution in [0.3, 0.4) is 0 Å². The molecule has 0 aliphatic carbocycles. The molecule has 0 radical (unpaired) electrons. The van der Waals surface area contributed by atoms with Crippen molar-refractivity contribution < 1.29 is 14.3 Å². The SMILES string of the molecule is CC(C)(C)OC(=O)N1CCN(CCNC(=O)NCCc2ccccc2)CC1. The molecule has 1 aromatic rings. The van der Waals surface area contributed by atoms with Gasteiger partial charge in [-0.25, -0.2) is 9.59 Å². The number of rotatable bonds is 6. The molecule has 1 fully saturated rings. The van der Waals surface area contributed by atoms with Crippen molar-refractivity contribution in [2.24, 2.45) is 0 Å². The van der Waals surface area contributed by atoms with Gasteiger partial charge in [0, 0.05) is 45.8 Å². The lowest BCUT2D eigenvalue weighted by atomic mass is 10.1. The fourth-order valence-corrected chi connectivity index (χ4v) is 2.84. The maximum atomic E-state index is 12.0. The van der Waals surface area contributed by atoms with Crippen molar-refractivity contribution in [2.45, 2.75) is 32.8 Å².